The lowest BCUT2D eigenvalue weighted by Gasteiger charge is -2.47. The summed E-state index contributed by atoms with van der Waals surface area (Å²) in [6.45, 7) is 11.7. The highest BCUT2D eigenvalue weighted by Gasteiger charge is 2.49. The molecule has 2 saturated carbocycles. The van der Waals surface area contributed by atoms with Crippen LogP contribution in [-0.2, 0) is 14.3 Å². The van der Waals surface area contributed by atoms with E-state index in [1.165, 1.54) is 25.3 Å². The lowest BCUT2D eigenvalue weighted by Crippen LogP contribution is -2.46. The number of amides is 1. The third-order valence-corrected chi connectivity index (χ3v) is 8.29. The Morgan fingerprint density at radius 1 is 1.18 bits per heavy atom. The van der Waals surface area contributed by atoms with Gasteiger partial charge in [-0.15, -0.1) is 10.2 Å². The first-order chi connectivity index (χ1) is 18.1. The standard InChI is InChI=1S/C28H41N5O2.C2H4O/c1-17(2)12-28(35-6)13-20(14-28)25-30-31-26(33(25)21-8-9-21)22-15-32(5)16-23(22)27(34)29-24-10-7-18(3)11-19(24)4;1-2-3/h7,10-11,17,20-23H,8-9,12-16H2,1-6H3,(H,29,34);2H,1H3/t20?,22-,23?,28?;/m0./s1. The number of nitrogens with one attached hydrogen (secondary N) is 1. The number of nitrogens with zero attached hydrogens (tertiary/aromatic N) is 4. The van der Waals surface area contributed by atoms with Crippen molar-refractivity contribution >= 4 is 17.9 Å². The van der Waals surface area contributed by atoms with Gasteiger partial charge < -0.3 is 24.3 Å². The van der Waals surface area contributed by atoms with Crippen LogP contribution in [-0.4, -0.2) is 64.7 Å². The molecule has 8 nitrogen and oxygen atoms in total. The zero-order valence-electron chi connectivity index (χ0n) is 24.2. The van der Waals surface area contributed by atoms with E-state index in [-0.39, 0.29) is 23.3 Å². The molecule has 2 heterocycles. The van der Waals surface area contributed by atoms with Crippen molar-refractivity contribution < 1.29 is 14.3 Å². The van der Waals surface area contributed by atoms with E-state index in [1.807, 2.05) is 13.2 Å². The molecule has 1 aromatic carbocycles. The van der Waals surface area contributed by atoms with Crippen molar-refractivity contribution in [3.05, 3.63) is 41.0 Å². The summed E-state index contributed by atoms with van der Waals surface area (Å²) in [5.74, 6) is 3.10. The number of hydrogen-bond acceptors (Lipinski definition) is 6. The highest BCUT2D eigenvalue weighted by atomic mass is 16.5. The van der Waals surface area contributed by atoms with Crippen LogP contribution in [0.4, 0.5) is 5.69 Å². The summed E-state index contributed by atoms with van der Waals surface area (Å²) in [4.78, 5) is 24.6. The van der Waals surface area contributed by atoms with Gasteiger partial charge in [-0.1, -0.05) is 31.5 Å². The monoisotopic (exact) mass is 523 g/mol. The molecule has 1 unspecified atom stereocenters. The van der Waals surface area contributed by atoms with E-state index in [9.17, 15) is 4.79 Å². The minimum absolute atomic E-state index is 0.0266. The Labute approximate surface area is 227 Å². The summed E-state index contributed by atoms with van der Waals surface area (Å²) < 4.78 is 8.40. The molecule has 3 fully saturated rings. The van der Waals surface area contributed by atoms with E-state index in [0.717, 1.165) is 61.5 Å². The molecule has 5 rings (SSSR count). The summed E-state index contributed by atoms with van der Waals surface area (Å²) in [7, 11) is 3.95. The summed E-state index contributed by atoms with van der Waals surface area (Å²) in [6.07, 6.45) is 6.20. The van der Waals surface area contributed by atoms with Crippen molar-refractivity contribution in [2.24, 2.45) is 11.8 Å². The Morgan fingerprint density at radius 3 is 2.42 bits per heavy atom. The lowest BCUT2D eigenvalue weighted by molar-refractivity contribution is -0.120. The van der Waals surface area contributed by atoms with Crippen LogP contribution in [0.2, 0.25) is 0 Å². The summed E-state index contributed by atoms with van der Waals surface area (Å²) in [5, 5.41) is 12.7. The molecule has 1 aliphatic heterocycles. The van der Waals surface area contributed by atoms with Crippen LogP contribution in [0.1, 0.15) is 93.5 Å². The lowest BCUT2D eigenvalue weighted by atomic mass is 9.67. The minimum atomic E-state index is -0.143. The van der Waals surface area contributed by atoms with Crippen molar-refractivity contribution in [1.29, 1.82) is 0 Å². The molecule has 2 atom stereocenters. The van der Waals surface area contributed by atoms with Crippen molar-refractivity contribution in [1.82, 2.24) is 19.7 Å². The van der Waals surface area contributed by atoms with E-state index in [0.29, 0.717) is 17.9 Å². The number of likely N-dealkylation sites (N-methyl/N-ethyl adjacent to an activating group) is 1. The molecule has 1 amide bonds. The second kappa shape index (κ2) is 11.7. The normalized spacial score (nSPS) is 27.0. The van der Waals surface area contributed by atoms with Crippen LogP contribution in [0, 0.1) is 25.7 Å². The molecule has 38 heavy (non-hydrogen) atoms. The predicted octanol–water partition coefficient (Wildman–Crippen LogP) is 5.03. The van der Waals surface area contributed by atoms with Crippen LogP contribution in [0.5, 0.6) is 0 Å². The molecule has 1 aromatic heterocycles. The molecule has 8 heteroatoms. The third kappa shape index (κ3) is 6.01. The van der Waals surface area contributed by atoms with Gasteiger partial charge in [0.15, 0.2) is 0 Å². The molecule has 2 aromatic rings. The molecule has 1 N–H and O–H groups in total. The Hall–Kier alpha value is -2.58. The van der Waals surface area contributed by atoms with E-state index in [4.69, 9.17) is 19.7 Å². The SMILES string of the molecule is CC=O.COC1(CC(C)C)CC(c2nnc([C@H]3CN(C)CC3C(=O)Nc3ccc(C)cc3C)n2C2CC2)C1. The van der Waals surface area contributed by atoms with Gasteiger partial charge in [0.2, 0.25) is 5.91 Å². The Morgan fingerprint density at radius 2 is 1.84 bits per heavy atom. The molecule has 2 aliphatic carbocycles. The van der Waals surface area contributed by atoms with Crippen LogP contribution >= 0.6 is 0 Å². The number of aromatic nitrogens is 3. The van der Waals surface area contributed by atoms with Gasteiger partial charge in [0.25, 0.3) is 0 Å². The van der Waals surface area contributed by atoms with Gasteiger partial charge in [0.05, 0.1) is 11.5 Å². The largest absolute Gasteiger partial charge is 0.378 e. The number of aryl methyl sites for hydroxylation is 2. The van der Waals surface area contributed by atoms with Gasteiger partial charge in [-0.25, -0.2) is 0 Å². The van der Waals surface area contributed by atoms with Crippen molar-refractivity contribution in [2.45, 2.75) is 90.2 Å². The van der Waals surface area contributed by atoms with E-state index in [2.05, 4.69) is 61.7 Å². The summed E-state index contributed by atoms with van der Waals surface area (Å²) >= 11 is 0. The fraction of sp³-hybridized carbons (Fsp3) is 0.667. The van der Waals surface area contributed by atoms with Crippen molar-refractivity contribution in [3.63, 3.8) is 0 Å². The molecule has 0 spiro atoms. The Kier molecular flexibility index (Phi) is 8.72. The van der Waals surface area contributed by atoms with Gasteiger partial charge in [0.1, 0.15) is 17.9 Å². The second-order valence-corrected chi connectivity index (χ2v) is 12.1. The average molecular weight is 524 g/mol. The second-order valence-electron chi connectivity index (χ2n) is 12.1. The zero-order chi connectivity index (χ0) is 27.6. The zero-order valence-corrected chi connectivity index (χ0v) is 24.2. The number of benzene rings is 1. The fourth-order valence-corrected chi connectivity index (χ4v) is 6.44. The van der Waals surface area contributed by atoms with Crippen LogP contribution in [0.25, 0.3) is 0 Å². The van der Waals surface area contributed by atoms with E-state index < -0.39 is 0 Å². The summed E-state index contributed by atoms with van der Waals surface area (Å²) in [5.41, 5.74) is 3.17. The van der Waals surface area contributed by atoms with Crippen LogP contribution in [0.15, 0.2) is 18.2 Å². The highest BCUT2D eigenvalue weighted by Crippen LogP contribution is 2.52. The number of rotatable bonds is 8. The van der Waals surface area contributed by atoms with E-state index >= 15 is 0 Å². The number of hydrogen-bond donors (Lipinski definition) is 1. The maximum absolute atomic E-state index is 13.5. The van der Waals surface area contributed by atoms with Gasteiger partial charge >= 0.3 is 0 Å². The number of carbonyl (C=O) groups is 2. The number of ether oxygens (including phenoxy) is 1. The molecular weight excluding hydrogens is 478 g/mol. The van der Waals surface area contributed by atoms with Gasteiger partial charge in [-0.3, -0.25) is 4.79 Å². The number of likely N-dealkylation sites (tertiary alicyclic amines) is 1. The average Bonchev–Trinajstić information content (AvgIpc) is 3.46. The first-order valence-corrected chi connectivity index (χ1v) is 14.1. The Bertz CT molecular complexity index is 1130. The van der Waals surface area contributed by atoms with Crippen molar-refractivity contribution in [3.8, 4) is 0 Å². The number of carbonyl (C=O) groups excluding carboxylic acids is 2. The molecule has 0 bridgehead atoms. The topological polar surface area (TPSA) is 89.3 Å². The Balaban J connectivity index is 0.00000107. The molecule has 0 radical (unpaired) electrons. The fourth-order valence-electron chi connectivity index (χ4n) is 6.44. The first kappa shape index (κ1) is 28.4. The minimum Gasteiger partial charge on any atom is -0.378 e. The van der Waals surface area contributed by atoms with Crippen LogP contribution in [0.3, 0.4) is 0 Å². The molecule has 1 saturated heterocycles. The molecular formula is C30H45N5O3. The molecule has 208 valence electrons. The van der Waals surface area contributed by atoms with Crippen molar-refractivity contribution in [2.75, 3.05) is 32.6 Å². The molecule has 3 aliphatic rings. The quantitative estimate of drug-likeness (QED) is 0.488. The van der Waals surface area contributed by atoms with E-state index in [1.54, 1.807) is 0 Å². The van der Waals surface area contributed by atoms with Gasteiger partial charge in [0, 0.05) is 43.8 Å². The maximum atomic E-state index is 13.5. The third-order valence-electron chi connectivity index (χ3n) is 8.29. The smallest absolute Gasteiger partial charge is 0.229 e. The first-order valence-electron chi connectivity index (χ1n) is 14.1. The maximum Gasteiger partial charge on any atom is 0.229 e. The predicted molar refractivity (Wildman–Crippen MR) is 149 cm³/mol. The number of aldehydes is 1. The highest BCUT2D eigenvalue weighted by molar-refractivity contribution is 5.94. The number of anilines is 1. The van der Waals surface area contributed by atoms with Crippen LogP contribution < -0.4 is 5.32 Å². The van der Waals surface area contributed by atoms with Gasteiger partial charge in [-0.2, -0.15) is 0 Å². The van der Waals surface area contributed by atoms with Gasteiger partial charge in [-0.05, 0) is 77.5 Å². The number of methoxy groups -OCH3 is 1. The summed E-state index contributed by atoms with van der Waals surface area (Å²) in [6, 6.07) is 6.65.